The van der Waals surface area contributed by atoms with Gasteiger partial charge < -0.3 is 21.4 Å². The molecule has 1 atom stereocenters. The van der Waals surface area contributed by atoms with Crippen molar-refractivity contribution >= 4 is 33.7 Å². The van der Waals surface area contributed by atoms with Gasteiger partial charge in [0.05, 0.1) is 24.3 Å². The van der Waals surface area contributed by atoms with Gasteiger partial charge in [0, 0.05) is 22.8 Å². The molecular weight excluding hydrogens is 304 g/mol. The second-order valence-corrected chi connectivity index (χ2v) is 5.90. The molecule has 5 N–H and O–H groups in total. The van der Waals surface area contributed by atoms with E-state index < -0.39 is 0 Å². The standard InChI is InChI=1S/C17H18N6O/c18-17-21-8-10(22-17)5-6-19-16(24)14-7-12-11-3-1-2-4-13(11)23-15(12)9-20-14/h1-4,7,9-10,23H,5-6,8H2,(H,19,24)(H3,18,21,22)/t10-/m0/s1. The third-order valence-corrected chi connectivity index (χ3v) is 4.24. The molecule has 0 saturated heterocycles. The van der Waals surface area contributed by atoms with Crippen molar-refractivity contribution < 1.29 is 4.79 Å². The fourth-order valence-corrected chi connectivity index (χ4v) is 3.00. The van der Waals surface area contributed by atoms with E-state index in [9.17, 15) is 4.79 Å². The lowest BCUT2D eigenvalue weighted by atomic mass is 10.1. The first-order valence-corrected chi connectivity index (χ1v) is 7.92. The lowest BCUT2D eigenvalue weighted by Crippen LogP contribution is -2.37. The Morgan fingerprint density at radius 2 is 2.17 bits per heavy atom. The molecule has 0 bridgehead atoms. The molecule has 3 aromatic rings. The van der Waals surface area contributed by atoms with Crippen molar-refractivity contribution in [1.82, 2.24) is 20.6 Å². The molecule has 2 aromatic heterocycles. The molecule has 0 saturated carbocycles. The number of aromatic nitrogens is 2. The minimum Gasteiger partial charge on any atom is -0.370 e. The van der Waals surface area contributed by atoms with Crippen molar-refractivity contribution in [3.63, 3.8) is 0 Å². The van der Waals surface area contributed by atoms with Crippen LogP contribution in [0.3, 0.4) is 0 Å². The van der Waals surface area contributed by atoms with Crippen LogP contribution >= 0.6 is 0 Å². The number of fused-ring (bicyclic) bond motifs is 3. The molecule has 0 fully saturated rings. The molecule has 1 aliphatic heterocycles. The fraction of sp³-hybridized carbons (Fsp3) is 0.235. The maximum Gasteiger partial charge on any atom is 0.269 e. The van der Waals surface area contributed by atoms with Gasteiger partial charge in [-0.15, -0.1) is 0 Å². The normalized spacial score (nSPS) is 17.0. The summed E-state index contributed by atoms with van der Waals surface area (Å²) in [6.45, 7) is 1.20. The number of pyridine rings is 1. The summed E-state index contributed by atoms with van der Waals surface area (Å²) in [7, 11) is 0. The van der Waals surface area contributed by atoms with E-state index in [1.807, 2.05) is 30.3 Å². The van der Waals surface area contributed by atoms with Crippen LogP contribution in [0.15, 0.2) is 41.5 Å². The van der Waals surface area contributed by atoms with Crippen LogP contribution in [0.25, 0.3) is 21.8 Å². The predicted octanol–water partition coefficient (Wildman–Crippen LogP) is 1.12. The number of rotatable bonds is 4. The number of carbonyl (C=O) groups excluding carboxylic acids is 1. The minimum absolute atomic E-state index is 0.172. The van der Waals surface area contributed by atoms with Crippen LogP contribution in [-0.4, -0.2) is 41.0 Å². The SMILES string of the molecule is NC1=NC[C@H](CCNC(=O)c2cc3c(cn2)[nH]c2ccccc23)N1. The van der Waals surface area contributed by atoms with Crippen LogP contribution in [0.1, 0.15) is 16.9 Å². The molecule has 0 unspecified atom stereocenters. The van der Waals surface area contributed by atoms with Gasteiger partial charge in [-0.05, 0) is 18.6 Å². The second kappa shape index (κ2) is 5.84. The van der Waals surface area contributed by atoms with E-state index >= 15 is 0 Å². The van der Waals surface area contributed by atoms with Crippen molar-refractivity contribution in [2.24, 2.45) is 10.7 Å². The number of benzene rings is 1. The first-order chi connectivity index (χ1) is 11.7. The van der Waals surface area contributed by atoms with Crippen LogP contribution in [0.4, 0.5) is 0 Å². The van der Waals surface area contributed by atoms with E-state index in [1.165, 1.54) is 0 Å². The first kappa shape index (κ1) is 14.5. The Hall–Kier alpha value is -3.09. The number of hydrogen-bond acceptors (Lipinski definition) is 5. The third-order valence-electron chi connectivity index (χ3n) is 4.24. The molecule has 4 rings (SSSR count). The summed E-state index contributed by atoms with van der Waals surface area (Å²) in [6, 6.07) is 10.0. The average Bonchev–Trinajstić information content (AvgIpc) is 3.17. The van der Waals surface area contributed by atoms with Gasteiger partial charge in [0.25, 0.3) is 5.91 Å². The zero-order valence-corrected chi connectivity index (χ0v) is 13.0. The summed E-state index contributed by atoms with van der Waals surface area (Å²) in [6.07, 6.45) is 2.47. The molecule has 0 radical (unpaired) electrons. The van der Waals surface area contributed by atoms with Crippen molar-refractivity contribution in [3.05, 3.63) is 42.2 Å². The van der Waals surface area contributed by atoms with Crippen molar-refractivity contribution in [2.75, 3.05) is 13.1 Å². The Balaban J connectivity index is 1.47. The molecule has 0 spiro atoms. The summed E-state index contributed by atoms with van der Waals surface area (Å²) < 4.78 is 0. The highest BCUT2D eigenvalue weighted by molar-refractivity contribution is 6.09. The number of amides is 1. The summed E-state index contributed by atoms with van der Waals surface area (Å²) in [4.78, 5) is 24.0. The summed E-state index contributed by atoms with van der Waals surface area (Å²) in [5.74, 6) is 0.298. The number of nitrogens with two attached hydrogens (primary N) is 1. The number of guanidine groups is 1. The number of hydrogen-bond donors (Lipinski definition) is 4. The number of aliphatic imine (C=N–C) groups is 1. The van der Waals surface area contributed by atoms with E-state index in [0.29, 0.717) is 24.7 Å². The van der Waals surface area contributed by atoms with Gasteiger partial charge in [0.1, 0.15) is 5.69 Å². The topological polar surface area (TPSA) is 108 Å². The molecule has 24 heavy (non-hydrogen) atoms. The fourth-order valence-electron chi connectivity index (χ4n) is 3.00. The molecule has 1 aromatic carbocycles. The highest BCUT2D eigenvalue weighted by Gasteiger charge is 2.16. The van der Waals surface area contributed by atoms with Crippen LogP contribution in [0.5, 0.6) is 0 Å². The monoisotopic (exact) mass is 322 g/mol. The zero-order valence-electron chi connectivity index (χ0n) is 13.0. The van der Waals surface area contributed by atoms with Crippen LogP contribution in [-0.2, 0) is 0 Å². The number of nitrogens with zero attached hydrogens (tertiary/aromatic N) is 2. The highest BCUT2D eigenvalue weighted by atomic mass is 16.1. The van der Waals surface area contributed by atoms with Crippen LogP contribution in [0.2, 0.25) is 0 Å². The van der Waals surface area contributed by atoms with E-state index in [0.717, 1.165) is 28.2 Å². The molecular formula is C17H18N6O. The van der Waals surface area contributed by atoms with Gasteiger partial charge in [-0.3, -0.25) is 9.79 Å². The Bertz CT molecular complexity index is 945. The maximum atomic E-state index is 12.3. The third kappa shape index (κ3) is 2.64. The number of nitrogens with one attached hydrogen (secondary N) is 3. The number of aromatic amines is 1. The molecule has 1 aliphatic rings. The number of H-pyrrole nitrogens is 1. The summed E-state index contributed by atoms with van der Waals surface area (Å²) in [5, 5.41) is 8.06. The van der Waals surface area contributed by atoms with Gasteiger partial charge in [-0.2, -0.15) is 0 Å². The predicted molar refractivity (Wildman–Crippen MR) is 94.0 cm³/mol. The highest BCUT2D eigenvalue weighted by Crippen LogP contribution is 2.24. The van der Waals surface area contributed by atoms with Crippen LogP contribution in [0, 0.1) is 0 Å². The van der Waals surface area contributed by atoms with Crippen molar-refractivity contribution in [3.8, 4) is 0 Å². The van der Waals surface area contributed by atoms with E-state index in [-0.39, 0.29) is 11.9 Å². The quantitative estimate of drug-likeness (QED) is 0.577. The molecule has 122 valence electrons. The minimum atomic E-state index is -0.172. The molecule has 1 amide bonds. The summed E-state index contributed by atoms with van der Waals surface area (Å²) >= 11 is 0. The lowest BCUT2D eigenvalue weighted by molar-refractivity contribution is 0.0948. The van der Waals surface area contributed by atoms with Crippen molar-refractivity contribution in [1.29, 1.82) is 0 Å². The van der Waals surface area contributed by atoms with E-state index in [1.54, 1.807) is 6.20 Å². The smallest absolute Gasteiger partial charge is 0.269 e. The van der Waals surface area contributed by atoms with Gasteiger partial charge in [0.15, 0.2) is 5.96 Å². The van der Waals surface area contributed by atoms with Gasteiger partial charge in [0.2, 0.25) is 0 Å². The molecule has 3 heterocycles. The Labute approximate surface area is 138 Å². The van der Waals surface area contributed by atoms with Gasteiger partial charge in [-0.25, -0.2) is 4.98 Å². The number of carbonyl (C=O) groups is 1. The Morgan fingerprint density at radius 1 is 1.29 bits per heavy atom. The Kier molecular flexibility index (Phi) is 3.53. The zero-order chi connectivity index (χ0) is 16.5. The largest absolute Gasteiger partial charge is 0.370 e. The van der Waals surface area contributed by atoms with Crippen LogP contribution < -0.4 is 16.4 Å². The van der Waals surface area contributed by atoms with Gasteiger partial charge in [-0.1, -0.05) is 18.2 Å². The molecule has 7 nitrogen and oxygen atoms in total. The maximum absolute atomic E-state index is 12.3. The van der Waals surface area contributed by atoms with Crippen molar-refractivity contribution in [2.45, 2.75) is 12.5 Å². The van der Waals surface area contributed by atoms with Gasteiger partial charge >= 0.3 is 0 Å². The lowest BCUT2D eigenvalue weighted by Gasteiger charge is -2.11. The molecule has 0 aliphatic carbocycles. The summed E-state index contributed by atoms with van der Waals surface area (Å²) in [5.41, 5.74) is 7.96. The average molecular weight is 322 g/mol. The van der Waals surface area contributed by atoms with E-state index in [2.05, 4.69) is 25.6 Å². The first-order valence-electron chi connectivity index (χ1n) is 7.92. The number of para-hydroxylation sites is 1. The second-order valence-electron chi connectivity index (χ2n) is 5.90. The molecule has 7 heteroatoms. The van der Waals surface area contributed by atoms with E-state index in [4.69, 9.17) is 5.73 Å². The Morgan fingerprint density at radius 3 is 3.00 bits per heavy atom.